The van der Waals surface area contributed by atoms with E-state index in [9.17, 15) is 4.55 Å². The fourth-order valence-corrected chi connectivity index (χ4v) is 3.33. The van der Waals surface area contributed by atoms with Gasteiger partial charge in [-0.15, -0.1) is 0 Å². The molecule has 3 heterocycles. The minimum atomic E-state index is -1.25. The number of nitrogens with one attached hydrogen (secondary N) is 2. The molecule has 3 aromatic rings. The molecule has 0 fully saturated rings. The quantitative estimate of drug-likeness (QED) is 0.694. The Morgan fingerprint density at radius 3 is 3.10 bits per heavy atom. The highest BCUT2D eigenvalue weighted by molar-refractivity contribution is 7.90. The predicted molar refractivity (Wildman–Crippen MR) is 81.1 cm³/mol. The van der Waals surface area contributed by atoms with Crippen LogP contribution in [-0.4, -0.2) is 21.1 Å². The Hall–Kier alpha value is -2.18. The Labute approximate surface area is 123 Å². The molecule has 1 atom stereocenters. The van der Waals surface area contributed by atoms with Crippen LogP contribution >= 0.6 is 0 Å². The second-order valence-electron chi connectivity index (χ2n) is 4.84. The fourth-order valence-electron chi connectivity index (χ4n) is 2.37. The molecule has 0 radical (unpaired) electrons. The molecule has 0 amide bonds. The maximum atomic E-state index is 12.4. The zero-order valence-electron chi connectivity index (χ0n) is 11.1. The van der Waals surface area contributed by atoms with Crippen molar-refractivity contribution >= 4 is 34.5 Å². The van der Waals surface area contributed by atoms with E-state index in [1.54, 1.807) is 0 Å². The van der Waals surface area contributed by atoms with Gasteiger partial charge in [0.15, 0.2) is 11.5 Å². The molecule has 21 heavy (non-hydrogen) atoms. The SMILES string of the molecule is [O-][S+](Cc1cc2c(o1)=CNCC=2)c1nc2ccccc2[nH]1. The second kappa shape index (κ2) is 4.98. The molecule has 1 aliphatic heterocycles. The Kier molecular flexibility index (Phi) is 2.98. The molecule has 4 rings (SSSR count). The average molecular weight is 299 g/mol. The third-order valence-electron chi connectivity index (χ3n) is 3.37. The molecule has 2 N–H and O–H groups in total. The molecule has 1 aromatic carbocycles. The lowest BCUT2D eigenvalue weighted by molar-refractivity contribution is 0.488. The van der Waals surface area contributed by atoms with Gasteiger partial charge in [0.2, 0.25) is 0 Å². The Bertz CT molecular complexity index is 846. The normalized spacial score (nSPS) is 14.9. The highest BCUT2D eigenvalue weighted by Gasteiger charge is 2.19. The molecule has 106 valence electrons. The Morgan fingerprint density at radius 2 is 2.24 bits per heavy atom. The summed E-state index contributed by atoms with van der Waals surface area (Å²) in [7, 11) is 0. The number of aromatic nitrogens is 2. The predicted octanol–water partition coefficient (Wildman–Crippen LogP) is 0.585. The highest BCUT2D eigenvalue weighted by Crippen LogP contribution is 2.17. The summed E-state index contributed by atoms with van der Waals surface area (Å²) in [6, 6.07) is 9.59. The minimum Gasteiger partial charge on any atom is -0.609 e. The zero-order valence-corrected chi connectivity index (χ0v) is 11.9. The number of furan rings is 1. The number of H-pyrrole nitrogens is 1. The van der Waals surface area contributed by atoms with E-state index in [1.807, 2.05) is 42.6 Å². The van der Waals surface area contributed by atoms with E-state index in [4.69, 9.17) is 4.42 Å². The number of fused-ring (bicyclic) bond motifs is 2. The molecule has 0 aliphatic carbocycles. The van der Waals surface area contributed by atoms with Crippen LogP contribution in [0.5, 0.6) is 0 Å². The first kappa shape index (κ1) is 12.6. The summed E-state index contributed by atoms with van der Waals surface area (Å²) in [5.74, 6) is 1.02. The van der Waals surface area contributed by atoms with Gasteiger partial charge in [0.25, 0.3) is 0 Å². The highest BCUT2D eigenvalue weighted by atomic mass is 32.2. The van der Waals surface area contributed by atoms with E-state index in [2.05, 4.69) is 15.3 Å². The van der Waals surface area contributed by atoms with Crippen molar-refractivity contribution in [1.29, 1.82) is 0 Å². The smallest absolute Gasteiger partial charge is 0.322 e. The van der Waals surface area contributed by atoms with Crippen LogP contribution in [0.4, 0.5) is 0 Å². The summed E-state index contributed by atoms with van der Waals surface area (Å²) >= 11 is -1.25. The maximum absolute atomic E-state index is 12.4. The summed E-state index contributed by atoms with van der Waals surface area (Å²) in [6.45, 7) is 0.790. The van der Waals surface area contributed by atoms with Gasteiger partial charge in [-0.3, -0.25) is 4.98 Å². The number of rotatable bonds is 3. The van der Waals surface area contributed by atoms with E-state index < -0.39 is 11.2 Å². The maximum Gasteiger partial charge on any atom is 0.322 e. The van der Waals surface area contributed by atoms with E-state index in [-0.39, 0.29) is 0 Å². The summed E-state index contributed by atoms with van der Waals surface area (Å²) in [5, 5.41) is 4.62. The van der Waals surface area contributed by atoms with Crippen molar-refractivity contribution in [3.63, 3.8) is 0 Å². The van der Waals surface area contributed by atoms with Gasteiger partial charge in [0.05, 0.1) is 11.0 Å². The van der Waals surface area contributed by atoms with E-state index in [0.717, 1.165) is 28.2 Å². The Balaban J connectivity index is 1.63. The molecule has 0 bridgehead atoms. The first-order chi connectivity index (χ1) is 10.3. The fraction of sp³-hybridized carbons (Fsp3) is 0.133. The largest absolute Gasteiger partial charge is 0.609 e. The van der Waals surface area contributed by atoms with Crippen LogP contribution in [0.3, 0.4) is 0 Å². The van der Waals surface area contributed by atoms with Crippen LogP contribution < -0.4 is 16.0 Å². The van der Waals surface area contributed by atoms with Gasteiger partial charge >= 0.3 is 5.16 Å². The molecule has 2 aromatic heterocycles. The van der Waals surface area contributed by atoms with Crippen LogP contribution in [0.15, 0.2) is 39.9 Å². The number of hydrogen-bond acceptors (Lipinski definition) is 4. The van der Waals surface area contributed by atoms with Crippen LogP contribution in [-0.2, 0) is 16.9 Å². The molecule has 5 nitrogen and oxygen atoms in total. The zero-order chi connectivity index (χ0) is 14.2. The average Bonchev–Trinajstić information content (AvgIpc) is 3.10. The Morgan fingerprint density at radius 1 is 1.33 bits per heavy atom. The first-order valence-electron chi connectivity index (χ1n) is 6.65. The molecule has 6 heteroatoms. The number of nitrogens with zero attached hydrogens (tertiary/aromatic N) is 1. The van der Waals surface area contributed by atoms with Gasteiger partial charge in [0.1, 0.15) is 5.42 Å². The van der Waals surface area contributed by atoms with Crippen LogP contribution in [0.1, 0.15) is 5.76 Å². The molecular weight excluding hydrogens is 286 g/mol. The van der Waals surface area contributed by atoms with Gasteiger partial charge in [-0.1, -0.05) is 18.2 Å². The van der Waals surface area contributed by atoms with E-state index >= 15 is 0 Å². The van der Waals surface area contributed by atoms with Crippen molar-refractivity contribution in [2.75, 3.05) is 6.54 Å². The number of aromatic amines is 1. The van der Waals surface area contributed by atoms with Crippen molar-refractivity contribution in [2.24, 2.45) is 0 Å². The second-order valence-corrected chi connectivity index (χ2v) is 6.20. The molecule has 1 unspecified atom stereocenters. The van der Waals surface area contributed by atoms with E-state index in [0.29, 0.717) is 16.7 Å². The summed E-state index contributed by atoms with van der Waals surface area (Å²) in [5.41, 5.74) is 2.51. The third kappa shape index (κ3) is 2.32. The standard InChI is InChI=1S/C15H13N3O2S/c19-21(15-17-12-3-1-2-4-13(12)18-15)9-11-7-10-5-6-16-8-14(10)20-11/h1-5,7-8,16H,6,9H2,(H,17,18). The molecule has 0 saturated carbocycles. The third-order valence-corrected chi connectivity index (χ3v) is 4.54. The number of imidazole rings is 1. The van der Waals surface area contributed by atoms with Gasteiger partial charge in [0, 0.05) is 29.1 Å². The molecule has 0 saturated heterocycles. The van der Waals surface area contributed by atoms with Gasteiger partial charge in [-0.2, -0.15) is 4.98 Å². The van der Waals surface area contributed by atoms with Crippen molar-refractivity contribution in [3.8, 4) is 0 Å². The molecule has 0 spiro atoms. The summed E-state index contributed by atoms with van der Waals surface area (Å²) in [6.07, 6.45) is 3.88. The topological polar surface area (TPSA) is 76.9 Å². The molecular formula is C15H13N3O2S. The van der Waals surface area contributed by atoms with Crippen LogP contribution in [0, 0.1) is 0 Å². The van der Waals surface area contributed by atoms with Gasteiger partial charge < -0.3 is 14.3 Å². The number of benzene rings is 1. The van der Waals surface area contributed by atoms with Crippen LogP contribution in [0.25, 0.3) is 23.3 Å². The molecule has 1 aliphatic rings. The lowest BCUT2D eigenvalue weighted by Crippen LogP contribution is -2.29. The van der Waals surface area contributed by atoms with Crippen molar-refractivity contribution in [1.82, 2.24) is 15.3 Å². The van der Waals surface area contributed by atoms with Crippen molar-refractivity contribution in [2.45, 2.75) is 10.9 Å². The lowest BCUT2D eigenvalue weighted by Gasteiger charge is -2.03. The van der Waals surface area contributed by atoms with Crippen LogP contribution in [0.2, 0.25) is 0 Å². The first-order valence-corrected chi connectivity index (χ1v) is 7.97. The number of hydrogen-bond donors (Lipinski definition) is 2. The summed E-state index contributed by atoms with van der Waals surface area (Å²) < 4.78 is 18.1. The number of para-hydroxylation sites is 2. The minimum absolute atomic E-state index is 0.314. The van der Waals surface area contributed by atoms with Crippen molar-refractivity contribution < 1.29 is 8.97 Å². The van der Waals surface area contributed by atoms with Gasteiger partial charge in [-0.05, 0) is 18.2 Å². The summed E-state index contributed by atoms with van der Waals surface area (Å²) in [4.78, 5) is 7.46. The lowest BCUT2D eigenvalue weighted by atomic mass is 10.3. The van der Waals surface area contributed by atoms with E-state index in [1.165, 1.54) is 0 Å². The monoisotopic (exact) mass is 299 g/mol. The van der Waals surface area contributed by atoms with Crippen molar-refractivity contribution in [3.05, 3.63) is 46.7 Å². The van der Waals surface area contributed by atoms with Gasteiger partial charge in [-0.25, -0.2) is 0 Å².